The Labute approximate surface area is 156 Å². The van der Waals surface area contributed by atoms with Crippen LogP contribution in [0.5, 0.6) is 11.5 Å². The number of carbonyl (C=O) groups is 2. The standard InChI is InChI=1S/C19H20FN3O4/c1-12(16-8-7-15(26-2)10-17(16)27-3)22-23-18(24)11-21-19(25)13-5-4-6-14(20)9-13/h4-10H,11H2,1-3H3,(H,21,25)(H,23,24)/b22-12+. The fraction of sp³-hybridized carbons (Fsp3) is 0.211. The van der Waals surface area contributed by atoms with E-state index in [-0.39, 0.29) is 12.1 Å². The van der Waals surface area contributed by atoms with Gasteiger partial charge in [0.1, 0.15) is 17.3 Å². The largest absolute Gasteiger partial charge is 0.497 e. The molecule has 0 radical (unpaired) electrons. The number of hydrazone groups is 1. The minimum Gasteiger partial charge on any atom is -0.497 e. The first-order valence-electron chi connectivity index (χ1n) is 8.04. The van der Waals surface area contributed by atoms with Crippen molar-refractivity contribution < 1.29 is 23.5 Å². The highest BCUT2D eigenvalue weighted by Crippen LogP contribution is 2.24. The Kier molecular flexibility index (Phi) is 6.87. The molecule has 2 aromatic rings. The molecule has 0 saturated heterocycles. The van der Waals surface area contributed by atoms with E-state index in [1.165, 1.54) is 25.3 Å². The van der Waals surface area contributed by atoms with Crippen molar-refractivity contribution in [2.24, 2.45) is 5.10 Å². The van der Waals surface area contributed by atoms with E-state index in [9.17, 15) is 14.0 Å². The number of methoxy groups -OCH3 is 2. The van der Waals surface area contributed by atoms with Gasteiger partial charge in [-0.25, -0.2) is 9.82 Å². The molecule has 0 atom stereocenters. The van der Waals surface area contributed by atoms with E-state index >= 15 is 0 Å². The fourth-order valence-corrected chi connectivity index (χ4v) is 2.24. The van der Waals surface area contributed by atoms with Crippen LogP contribution < -0.4 is 20.2 Å². The van der Waals surface area contributed by atoms with E-state index in [0.717, 1.165) is 6.07 Å². The van der Waals surface area contributed by atoms with Crippen LogP contribution in [-0.4, -0.2) is 38.3 Å². The summed E-state index contributed by atoms with van der Waals surface area (Å²) in [5.74, 6) is -0.425. The number of amides is 2. The summed E-state index contributed by atoms with van der Waals surface area (Å²) in [6, 6.07) is 10.4. The number of nitrogens with zero attached hydrogens (tertiary/aromatic N) is 1. The van der Waals surface area contributed by atoms with Gasteiger partial charge in [-0.3, -0.25) is 9.59 Å². The smallest absolute Gasteiger partial charge is 0.259 e. The van der Waals surface area contributed by atoms with E-state index in [1.807, 2.05) is 0 Å². The molecule has 27 heavy (non-hydrogen) atoms. The predicted molar refractivity (Wildman–Crippen MR) is 98.6 cm³/mol. The van der Waals surface area contributed by atoms with Crippen molar-refractivity contribution in [1.29, 1.82) is 0 Å². The Balaban J connectivity index is 1.95. The lowest BCUT2D eigenvalue weighted by Crippen LogP contribution is -2.35. The minimum atomic E-state index is -0.554. The van der Waals surface area contributed by atoms with Crippen LogP contribution in [-0.2, 0) is 4.79 Å². The van der Waals surface area contributed by atoms with Crippen molar-refractivity contribution in [3.05, 3.63) is 59.4 Å². The zero-order valence-electron chi connectivity index (χ0n) is 15.2. The summed E-state index contributed by atoms with van der Waals surface area (Å²) >= 11 is 0. The lowest BCUT2D eigenvalue weighted by Gasteiger charge is -2.10. The second-order valence-corrected chi connectivity index (χ2v) is 5.49. The summed E-state index contributed by atoms with van der Waals surface area (Å²) in [6.07, 6.45) is 0. The molecule has 0 bridgehead atoms. The van der Waals surface area contributed by atoms with Crippen LogP contribution >= 0.6 is 0 Å². The topological polar surface area (TPSA) is 89.0 Å². The summed E-state index contributed by atoms with van der Waals surface area (Å²) < 4.78 is 23.5. The normalized spacial score (nSPS) is 10.9. The van der Waals surface area contributed by atoms with Crippen LogP contribution in [0.25, 0.3) is 0 Å². The predicted octanol–water partition coefficient (Wildman–Crippen LogP) is 2.11. The quantitative estimate of drug-likeness (QED) is 0.575. The Morgan fingerprint density at radius 2 is 1.89 bits per heavy atom. The third-order valence-electron chi connectivity index (χ3n) is 3.64. The van der Waals surface area contributed by atoms with Crippen molar-refractivity contribution in [3.63, 3.8) is 0 Å². The fourth-order valence-electron chi connectivity index (χ4n) is 2.24. The molecule has 2 N–H and O–H groups in total. The molecule has 2 amide bonds. The number of hydrogen-bond donors (Lipinski definition) is 2. The highest BCUT2D eigenvalue weighted by Gasteiger charge is 2.10. The van der Waals surface area contributed by atoms with E-state index in [2.05, 4.69) is 15.8 Å². The molecule has 142 valence electrons. The lowest BCUT2D eigenvalue weighted by molar-refractivity contribution is -0.120. The number of benzene rings is 2. The number of ether oxygens (including phenoxy) is 2. The molecule has 0 aliphatic carbocycles. The third kappa shape index (κ3) is 5.53. The van der Waals surface area contributed by atoms with Crippen LogP contribution in [0.4, 0.5) is 4.39 Å². The summed E-state index contributed by atoms with van der Waals surface area (Å²) in [5, 5.41) is 6.41. The maximum Gasteiger partial charge on any atom is 0.259 e. The molecule has 0 aliphatic heterocycles. The highest BCUT2D eigenvalue weighted by atomic mass is 19.1. The summed E-state index contributed by atoms with van der Waals surface area (Å²) in [4.78, 5) is 23.8. The van der Waals surface area contributed by atoms with Crippen LogP contribution in [0.3, 0.4) is 0 Å². The van der Waals surface area contributed by atoms with Crippen LogP contribution in [0, 0.1) is 5.82 Å². The van der Waals surface area contributed by atoms with E-state index in [0.29, 0.717) is 22.8 Å². The van der Waals surface area contributed by atoms with Crippen LogP contribution in [0.2, 0.25) is 0 Å². The molecular weight excluding hydrogens is 353 g/mol. The molecule has 0 aromatic heterocycles. The Morgan fingerprint density at radius 3 is 2.56 bits per heavy atom. The van der Waals surface area contributed by atoms with Gasteiger partial charge < -0.3 is 14.8 Å². The van der Waals surface area contributed by atoms with Crippen molar-refractivity contribution in [2.75, 3.05) is 20.8 Å². The van der Waals surface area contributed by atoms with E-state index in [1.54, 1.807) is 32.2 Å². The number of rotatable bonds is 7. The summed E-state index contributed by atoms with van der Waals surface area (Å²) in [6.45, 7) is 1.40. The Hall–Kier alpha value is -3.42. The van der Waals surface area contributed by atoms with Gasteiger partial charge in [0.25, 0.3) is 11.8 Å². The number of carbonyl (C=O) groups excluding carboxylic acids is 2. The van der Waals surface area contributed by atoms with Gasteiger partial charge in [0.2, 0.25) is 0 Å². The molecule has 0 heterocycles. The van der Waals surface area contributed by atoms with E-state index < -0.39 is 17.6 Å². The number of halogens is 1. The van der Waals surface area contributed by atoms with Gasteiger partial charge in [-0.05, 0) is 37.3 Å². The second kappa shape index (κ2) is 9.33. The first-order valence-corrected chi connectivity index (χ1v) is 8.04. The van der Waals surface area contributed by atoms with Crippen LogP contribution in [0.1, 0.15) is 22.8 Å². The van der Waals surface area contributed by atoms with Crippen molar-refractivity contribution >= 4 is 17.5 Å². The van der Waals surface area contributed by atoms with Crippen molar-refractivity contribution in [2.45, 2.75) is 6.92 Å². The zero-order chi connectivity index (χ0) is 19.8. The molecule has 2 aromatic carbocycles. The van der Waals surface area contributed by atoms with E-state index in [4.69, 9.17) is 9.47 Å². The average Bonchev–Trinajstić information content (AvgIpc) is 2.69. The number of nitrogens with one attached hydrogen (secondary N) is 2. The van der Waals surface area contributed by atoms with Gasteiger partial charge in [-0.15, -0.1) is 0 Å². The number of hydrogen-bond acceptors (Lipinski definition) is 5. The Morgan fingerprint density at radius 1 is 1.11 bits per heavy atom. The molecule has 0 fully saturated rings. The molecule has 2 rings (SSSR count). The minimum absolute atomic E-state index is 0.130. The zero-order valence-corrected chi connectivity index (χ0v) is 15.2. The van der Waals surface area contributed by atoms with Gasteiger partial charge in [0, 0.05) is 17.2 Å². The Bertz CT molecular complexity index is 868. The first-order chi connectivity index (χ1) is 12.9. The molecule has 8 heteroatoms. The van der Waals surface area contributed by atoms with Gasteiger partial charge in [-0.1, -0.05) is 6.07 Å². The van der Waals surface area contributed by atoms with Gasteiger partial charge in [0.05, 0.1) is 26.5 Å². The average molecular weight is 373 g/mol. The molecule has 0 aliphatic rings. The van der Waals surface area contributed by atoms with Gasteiger partial charge >= 0.3 is 0 Å². The van der Waals surface area contributed by atoms with Crippen LogP contribution in [0.15, 0.2) is 47.6 Å². The first kappa shape index (κ1) is 19.9. The highest BCUT2D eigenvalue weighted by molar-refractivity contribution is 6.02. The van der Waals surface area contributed by atoms with Crippen molar-refractivity contribution in [3.8, 4) is 11.5 Å². The molecular formula is C19H20FN3O4. The SMILES string of the molecule is COc1ccc(/C(C)=N/NC(=O)CNC(=O)c2cccc(F)c2)c(OC)c1. The molecule has 7 nitrogen and oxygen atoms in total. The summed E-state index contributed by atoms with van der Waals surface area (Å²) in [5.41, 5.74) is 3.68. The second-order valence-electron chi connectivity index (χ2n) is 5.49. The maximum absolute atomic E-state index is 13.1. The molecule has 0 saturated carbocycles. The van der Waals surface area contributed by atoms with Gasteiger partial charge in [-0.2, -0.15) is 5.10 Å². The monoisotopic (exact) mass is 373 g/mol. The summed E-state index contributed by atoms with van der Waals surface area (Å²) in [7, 11) is 3.07. The molecule has 0 spiro atoms. The maximum atomic E-state index is 13.1. The van der Waals surface area contributed by atoms with Gasteiger partial charge in [0.15, 0.2) is 0 Å². The third-order valence-corrected chi connectivity index (χ3v) is 3.64. The molecule has 0 unspecified atom stereocenters. The van der Waals surface area contributed by atoms with Crippen molar-refractivity contribution in [1.82, 2.24) is 10.7 Å². The lowest BCUT2D eigenvalue weighted by atomic mass is 10.1.